The summed E-state index contributed by atoms with van der Waals surface area (Å²) >= 11 is 3.29. The minimum absolute atomic E-state index is 0.228. The summed E-state index contributed by atoms with van der Waals surface area (Å²) in [4.78, 5) is 9.11. The standard InChI is InChI=1S/C34H21N3O2S2/c38-19-26-31(29-17-15-27(40-29)24-13-5-9-20-7-1-3-11-22(20)24)33-34(37-39-36-33)32(35-26)30-18-16-28(41-30)25-14-6-10-21-8-2-4-12-23(21)25/h1-18,38H,19H2. The Kier molecular flexibility index (Phi) is 5.74. The smallest absolute Gasteiger partial charge is 0.163 e. The van der Waals surface area contributed by atoms with Crippen LogP contribution in [-0.4, -0.2) is 20.4 Å². The van der Waals surface area contributed by atoms with Crippen molar-refractivity contribution in [3.05, 3.63) is 115 Å². The lowest BCUT2D eigenvalue weighted by molar-refractivity contribution is 0.278. The Balaban J connectivity index is 1.25. The summed E-state index contributed by atoms with van der Waals surface area (Å²) in [6.07, 6.45) is 0. The van der Waals surface area contributed by atoms with Crippen LogP contribution in [0.5, 0.6) is 0 Å². The van der Waals surface area contributed by atoms with Gasteiger partial charge in [-0.15, -0.1) is 22.7 Å². The van der Waals surface area contributed by atoms with E-state index in [0.29, 0.717) is 22.4 Å². The molecule has 7 heteroatoms. The number of pyridine rings is 1. The number of benzene rings is 4. The molecule has 0 aliphatic carbocycles. The molecule has 8 rings (SSSR count). The van der Waals surface area contributed by atoms with E-state index < -0.39 is 0 Å². The first-order valence-electron chi connectivity index (χ1n) is 13.2. The monoisotopic (exact) mass is 567 g/mol. The predicted octanol–water partition coefficient (Wildman–Crippen LogP) is 9.21. The molecular formula is C34H21N3O2S2. The van der Waals surface area contributed by atoms with Crippen molar-refractivity contribution >= 4 is 55.3 Å². The molecule has 0 aliphatic rings. The van der Waals surface area contributed by atoms with E-state index in [2.05, 4.69) is 120 Å². The predicted molar refractivity (Wildman–Crippen MR) is 168 cm³/mol. The van der Waals surface area contributed by atoms with Crippen molar-refractivity contribution in [2.45, 2.75) is 6.61 Å². The number of thiophene rings is 2. The number of aromatic nitrogens is 3. The second-order valence-corrected chi connectivity index (χ2v) is 12.0. The maximum atomic E-state index is 10.5. The molecule has 0 spiro atoms. The molecular weight excluding hydrogens is 547 g/mol. The highest BCUT2D eigenvalue weighted by molar-refractivity contribution is 7.19. The lowest BCUT2D eigenvalue weighted by Crippen LogP contribution is -1.97. The zero-order valence-electron chi connectivity index (χ0n) is 21.6. The Morgan fingerprint density at radius 2 is 1.10 bits per heavy atom. The van der Waals surface area contributed by atoms with Gasteiger partial charge in [-0.1, -0.05) is 84.9 Å². The molecule has 0 amide bonds. The molecule has 196 valence electrons. The van der Waals surface area contributed by atoms with Gasteiger partial charge in [0.05, 0.1) is 17.2 Å². The number of fused-ring (bicyclic) bond motifs is 3. The highest BCUT2D eigenvalue weighted by Gasteiger charge is 2.23. The average molecular weight is 568 g/mol. The molecule has 0 saturated heterocycles. The molecule has 0 saturated carbocycles. The van der Waals surface area contributed by atoms with Crippen LogP contribution in [0.3, 0.4) is 0 Å². The largest absolute Gasteiger partial charge is 0.390 e. The van der Waals surface area contributed by atoms with Crippen molar-refractivity contribution in [1.29, 1.82) is 0 Å². The Morgan fingerprint density at radius 1 is 0.561 bits per heavy atom. The third-order valence-corrected chi connectivity index (χ3v) is 9.70. The van der Waals surface area contributed by atoms with Gasteiger partial charge in [-0.05, 0) is 67.3 Å². The van der Waals surface area contributed by atoms with Gasteiger partial charge in [0.1, 0.15) is 11.2 Å². The van der Waals surface area contributed by atoms with Crippen LogP contribution in [0, 0.1) is 0 Å². The SMILES string of the molecule is OCc1nc(-c2ccc(-c3cccc4ccccc34)s2)c2nonc2c1-c1ccc(-c2cccc3ccccc23)s1. The highest BCUT2D eigenvalue weighted by Crippen LogP contribution is 2.44. The van der Waals surface area contributed by atoms with E-state index in [1.165, 1.54) is 32.7 Å². The van der Waals surface area contributed by atoms with Gasteiger partial charge < -0.3 is 5.11 Å². The second kappa shape index (κ2) is 9.74. The first kappa shape index (κ1) is 24.1. The van der Waals surface area contributed by atoms with E-state index in [1.807, 2.05) is 0 Å². The zero-order chi connectivity index (χ0) is 27.3. The van der Waals surface area contributed by atoms with Crippen molar-refractivity contribution < 1.29 is 9.74 Å². The van der Waals surface area contributed by atoms with Crippen molar-refractivity contribution in [1.82, 2.24) is 15.3 Å². The fraction of sp³-hybridized carbons (Fsp3) is 0.0294. The molecule has 4 aromatic carbocycles. The molecule has 41 heavy (non-hydrogen) atoms. The molecule has 1 N–H and O–H groups in total. The van der Waals surface area contributed by atoms with E-state index in [0.717, 1.165) is 25.1 Å². The lowest BCUT2D eigenvalue weighted by Gasteiger charge is -2.08. The van der Waals surface area contributed by atoms with E-state index in [1.54, 1.807) is 22.7 Å². The average Bonchev–Trinajstić information content (AvgIpc) is 3.81. The third kappa shape index (κ3) is 3.97. The summed E-state index contributed by atoms with van der Waals surface area (Å²) in [6, 6.07) is 37.8. The number of nitrogens with zero attached hydrogens (tertiary/aromatic N) is 3. The van der Waals surface area contributed by atoms with Crippen molar-refractivity contribution in [3.63, 3.8) is 0 Å². The molecule has 0 bridgehead atoms. The van der Waals surface area contributed by atoms with Crippen LogP contribution in [0.25, 0.3) is 74.5 Å². The van der Waals surface area contributed by atoms with Crippen LogP contribution in [0.15, 0.2) is 114 Å². The van der Waals surface area contributed by atoms with Crippen molar-refractivity contribution in [2.24, 2.45) is 0 Å². The van der Waals surface area contributed by atoms with Crippen molar-refractivity contribution in [3.8, 4) is 41.9 Å². The zero-order valence-corrected chi connectivity index (χ0v) is 23.2. The van der Waals surface area contributed by atoms with Gasteiger partial charge in [0.25, 0.3) is 0 Å². The van der Waals surface area contributed by atoms with Crippen LogP contribution >= 0.6 is 22.7 Å². The first-order chi connectivity index (χ1) is 20.3. The fourth-order valence-corrected chi connectivity index (χ4v) is 7.69. The Labute approximate surface area is 243 Å². The van der Waals surface area contributed by atoms with Crippen LogP contribution < -0.4 is 0 Å². The number of rotatable bonds is 5. The number of hydrogen-bond acceptors (Lipinski definition) is 7. The van der Waals surface area contributed by atoms with Gasteiger partial charge in [0.15, 0.2) is 5.52 Å². The van der Waals surface area contributed by atoms with E-state index in [4.69, 9.17) is 9.61 Å². The molecule has 0 atom stereocenters. The first-order valence-corrected chi connectivity index (χ1v) is 14.8. The quantitative estimate of drug-likeness (QED) is 0.224. The molecule has 4 heterocycles. The minimum Gasteiger partial charge on any atom is -0.390 e. The summed E-state index contributed by atoms with van der Waals surface area (Å²) < 4.78 is 5.27. The Bertz CT molecular complexity index is 2220. The van der Waals surface area contributed by atoms with Crippen LogP contribution in [-0.2, 0) is 6.61 Å². The van der Waals surface area contributed by atoms with E-state index in [-0.39, 0.29) is 6.61 Å². The van der Waals surface area contributed by atoms with Crippen LogP contribution in [0.2, 0.25) is 0 Å². The molecule has 8 aromatic rings. The van der Waals surface area contributed by atoms with Gasteiger partial charge >= 0.3 is 0 Å². The Morgan fingerprint density at radius 3 is 1.76 bits per heavy atom. The van der Waals surface area contributed by atoms with Crippen molar-refractivity contribution in [2.75, 3.05) is 0 Å². The number of aliphatic hydroxyl groups excluding tert-OH is 1. The van der Waals surface area contributed by atoms with Crippen LogP contribution in [0.4, 0.5) is 0 Å². The molecule has 0 fully saturated rings. The van der Waals surface area contributed by atoms with Gasteiger partial charge in [-0.2, -0.15) is 0 Å². The fourth-order valence-electron chi connectivity index (χ4n) is 5.54. The molecule has 0 aliphatic heterocycles. The summed E-state index contributed by atoms with van der Waals surface area (Å²) in [5.74, 6) is 0. The number of aliphatic hydroxyl groups is 1. The maximum Gasteiger partial charge on any atom is 0.163 e. The second-order valence-electron chi connectivity index (χ2n) is 9.78. The van der Waals surface area contributed by atoms with Gasteiger partial charge in [-0.25, -0.2) is 9.61 Å². The molecule has 4 aromatic heterocycles. The van der Waals surface area contributed by atoms with Crippen LogP contribution in [0.1, 0.15) is 5.69 Å². The van der Waals surface area contributed by atoms with E-state index >= 15 is 0 Å². The maximum absolute atomic E-state index is 10.5. The highest BCUT2D eigenvalue weighted by atomic mass is 32.1. The summed E-state index contributed by atoms with van der Waals surface area (Å²) in [5.41, 5.74) is 5.51. The minimum atomic E-state index is -0.228. The lowest BCUT2D eigenvalue weighted by atomic mass is 10.0. The van der Waals surface area contributed by atoms with Gasteiger partial charge in [0, 0.05) is 20.2 Å². The Hall–Kier alpha value is -4.69. The van der Waals surface area contributed by atoms with E-state index in [9.17, 15) is 5.11 Å². The molecule has 0 unspecified atom stereocenters. The summed E-state index contributed by atoms with van der Waals surface area (Å²) in [7, 11) is 0. The topological polar surface area (TPSA) is 72.0 Å². The third-order valence-electron chi connectivity index (χ3n) is 7.44. The summed E-state index contributed by atoms with van der Waals surface area (Å²) in [5, 5.41) is 23.9. The van der Waals surface area contributed by atoms with Gasteiger partial charge in [0.2, 0.25) is 0 Å². The normalized spacial score (nSPS) is 11.6. The molecule has 0 radical (unpaired) electrons. The molecule has 5 nitrogen and oxygen atoms in total. The number of hydrogen-bond donors (Lipinski definition) is 1. The van der Waals surface area contributed by atoms with Gasteiger partial charge in [-0.3, -0.25) is 0 Å². The summed E-state index contributed by atoms with van der Waals surface area (Å²) in [6.45, 7) is -0.228.